The van der Waals surface area contributed by atoms with Gasteiger partial charge in [0.25, 0.3) is 0 Å². The number of hydrogen-bond donors (Lipinski definition) is 2. The van der Waals surface area contributed by atoms with Gasteiger partial charge in [-0.05, 0) is 18.8 Å². The van der Waals surface area contributed by atoms with Gasteiger partial charge in [-0.2, -0.15) is 4.98 Å². The molecule has 21 heavy (non-hydrogen) atoms. The maximum atomic E-state index is 11.7. The number of carboxylic acid groups (broad SMARTS) is 1. The lowest BCUT2D eigenvalue weighted by atomic mass is 10.1. The fraction of sp³-hybridized carbons (Fsp3) is 0.714. The van der Waals surface area contributed by atoms with Gasteiger partial charge < -0.3 is 14.9 Å². The minimum absolute atomic E-state index is 0.0904. The molecular weight excluding hydrogens is 274 g/mol. The van der Waals surface area contributed by atoms with E-state index in [1.807, 2.05) is 13.8 Å². The number of nitrogens with one attached hydrogen (secondary N) is 1. The topological polar surface area (TPSA) is 105 Å². The molecule has 0 spiro atoms. The molecule has 1 aromatic rings. The van der Waals surface area contributed by atoms with Crippen LogP contribution >= 0.6 is 0 Å². The van der Waals surface area contributed by atoms with Crippen molar-refractivity contribution in [1.82, 2.24) is 15.5 Å². The number of aliphatic carboxylic acids is 1. The zero-order valence-electron chi connectivity index (χ0n) is 12.6. The third-order valence-corrected chi connectivity index (χ3v) is 3.05. The quantitative estimate of drug-likeness (QED) is 0.679. The number of carboxylic acids is 1. The van der Waals surface area contributed by atoms with E-state index in [9.17, 15) is 9.59 Å². The largest absolute Gasteiger partial charge is 0.481 e. The summed E-state index contributed by atoms with van der Waals surface area (Å²) in [6.07, 6.45) is 3.12. The second-order valence-corrected chi connectivity index (χ2v) is 5.20. The Labute approximate surface area is 124 Å². The van der Waals surface area contributed by atoms with Crippen LogP contribution in [0.25, 0.3) is 0 Å². The Morgan fingerprint density at radius 3 is 2.76 bits per heavy atom. The van der Waals surface area contributed by atoms with Gasteiger partial charge in [0.05, 0.1) is 0 Å². The molecule has 7 nitrogen and oxygen atoms in total. The molecular formula is C14H23N3O4. The number of nitrogens with zero attached hydrogens (tertiary/aromatic N) is 2. The van der Waals surface area contributed by atoms with E-state index < -0.39 is 5.97 Å². The van der Waals surface area contributed by atoms with Crippen molar-refractivity contribution in [2.45, 2.75) is 52.4 Å². The van der Waals surface area contributed by atoms with E-state index >= 15 is 0 Å². The van der Waals surface area contributed by atoms with Crippen molar-refractivity contribution in [1.29, 1.82) is 0 Å². The molecule has 0 aliphatic heterocycles. The Hall–Kier alpha value is -1.92. The van der Waals surface area contributed by atoms with E-state index in [2.05, 4.69) is 15.5 Å². The van der Waals surface area contributed by atoms with Crippen LogP contribution in [0.2, 0.25) is 0 Å². The fourth-order valence-corrected chi connectivity index (χ4v) is 1.79. The molecule has 2 N–H and O–H groups in total. The summed E-state index contributed by atoms with van der Waals surface area (Å²) in [5.74, 6) is 0.396. The highest BCUT2D eigenvalue weighted by Crippen LogP contribution is 2.05. The number of carbonyl (C=O) groups excluding carboxylic acids is 1. The van der Waals surface area contributed by atoms with Crippen LogP contribution in [0.5, 0.6) is 0 Å². The minimum Gasteiger partial charge on any atom is -0.481 e. The number of amides is 1. The summed E-state index contributed by atoms with van der Waals surface area (Å²) in [5.41, 5.74) is 0. The Morgan fingerprint density at radius 2 is 2.10 bits per heavy atom. The summed E-state index contributed by atoms with van der Waals surface area (Å²) < 4.78 is 5.05. The lowest BCUT2D eigenvalue weighted by molar-refractivity contribution is -0.137. The highest BCUT2D eigenvalue weighted by molar-refractivity contribution is 5.76. The Bertz CT molecular complexity index is 459. The summed E-state index contributed by atoms with van der Waals surface area (Å²) >= 11 is 0. The molecule has 7 heteroatoms. The van der Waals surface area contributed by atoms with Crippen molar-refractivity contribution in [2.75, 3.05) is 6.54 Å². The molecule has 0 aliphatic rings. The predicted octanol–water partition coefficient (Wildman–Crippen LogP) is 1.57. The Morgan fingerprint density at radius 1 is 1.33 bits per heavy atom. The van der Waals surface area contributed by atoms with Gasteiger partial charge in [0.1, 0.15) is 0 Å². The van der Waals surface area contributed by atoms with Gasteiger partial charge in [0.2, 0.25) is 11.8 Å². The van der Waals surface area contributed by atoms with Gasteiger partial charge in [0.15, 0.2) is 5.82 Å². The van der Waals surface area contributed by atoms with Crippen molar-refractivity contribution in [2.24, 2.45) is 5.92 Å². The molecule has 0 aliphatic carbocycles. The zero-order chi connectivity index (χ0) is 15.7. The first-order valence-corrected chi connectivity index (χ1v) is 7.31. The molecule has 0 saturated heterocycles. The van der Waals surface area contributed by atoms with Crippen LogP contribution in [0.15, 0.2) is 4.52 Å². The van der Waals surface area contributed by atoms with Crippen LogP contribution in [0, 0.1) is 5.92 Å². The molecule has 118 valence electrons. The van der Waals surface area contributed by atoms with Crippen LogP contribution in [0.3, 0.4) is 0 Å². The summed E-state index contributed by atoms with van der Waals surface area (Å²) in [6.45, 7) is 4.43. The maximum absolute atomic E-state index is 11.7. The van der Waals surface area contributed by atoms with E-state index in [4.69, 9.17) is 9.63 Å². The molecule has 0 saturated carbocycles. The number of hydrogen-bond acceptors (Lipinski definition) is 5. The standard InChI is InChI=1S/C14H23N3O4/c1-3-4-11-16-13(21-17-11)7-6-12(18)15-9-10(2)5-8-14(19)20/h10H,3-9H2,1-2H3,(H,15,18)(H,19,20). The average molecular weight is 297 g/mol. The van der Waals surface area contributed by atoms with Crippen molar-refractivity contribution in [3.8, 4) is 0 Å². The lowest BCUT2D eigenvalue weighted by Gasteiger charge is -2.10. The monoisotopic (exact) mass is 297 g/mol. The van der Waals surface area contributed by atoms with E-state index in [1.165, 1.54) is 0 Å². The van der Waals surface area contributed by atoms with Gasteiger partial charge in [-0.1, -0.05) is 19.0 Å². The second-order valence-electron chi connectivity index (χ2n) is 5.20. The van der Waals surface area contributed by atoms with Gasteiger partial charge >= 0.3 is 5.97 Å². The Balaban J connectivity index is 2.19. The van der Waals surface area contributed by atoms with Crippen LogP contribution in [0.1, 0.15) is 51.2 Å². The minimum atomic E-state index is -0.813. The van der Waals surface area contributed by atoms with Crippen LogP contribution in [-0.4, -0.2) is 33.7 Å². The van der Waals surface area contributed by atoms with Crippen LogP contribution in [0.4, 0.5) is 0 Å². The summed E-state index contributed by atoms with van der Waals surface area (Å²) in [6, 6.07) is 0. The average Bonchev–Trinajstić information content (AvgIpc) is 2.88. The number of carbonyl (C=O) groups is 2. The summed E-state index contributed by atoms with van der Waals surface area (Å²) in [7, 11) is 0. The van der Waals surface area contributed by atoms with E-state index in [0.29, 0.717) is 37.5 Å². The molecule has 1 rings (SSSR count). The molecule has 0 aromatic carbocycles. The molecule has 0 bridgehead atoms. The molecule has 1 atom stereocenters. The maximum Gasteiger partial charge on any atom is 0.303 e. The molecule has 1 aromatic heterocycles. The first-order chi connectivity index (χ1) is 10.0. The molecule has 0 radical (unpaired) electrons. The predicted molar refractivity (Wildman–Crippen MR) is 75.7 cm³/mol. The summed E-state index contributed by atoms with van der Waals surface area (Å²) in [5, 5.41) is 15.2. The molecule has 1 unspecified atom stereocenters. The normalized spacial score (nSPS) is 12.1. The van der Waals surface area contributed by atoms with Gasteiger partial charge in [0, 0.05) is 32.2 Å². The zero-order valence-corrected chi connectivity index (χ0v) is 12.6. The highest BCUT2D eigenvalue weighted by atomic mass is 16.5. The van der Waals surface area contributed by atoms with Gasteiger partial charge in [-0.15, -0.1) is 0 Å². The second kappa shape index (κ2) is 9.10. The smallest absolute Gasteiger partial charge is 0.303 e. The fourth-order valence-electron chi connectivity index (χ4n) is 1.79. The first kappa shape index (κ1) is 17.1. The number of aromatic nitrogens is 2. The third-order valence-electron chi connectivity index (χ3n) is 3.05. The lowest BCUT2D eigenvalue weighted by Crippen LogP contribution is -2.28. The SMILES string of the molecule is CCCc1noc(CCC(=O)NCC(C)CCC(=O)O)n1. The summed E-state index contributed by atoms with van der Waals surface area (Å²) in [4.78, 5) is 26.3. The first-order valence-electron chi connectivity index (χ1n) is 7.31. The molecule has 1 amide bonds. The highest BCUT2D eigenvalue weighted by Gasteiger charge is 2.10. The van der Waals surface area contributed by atoms with Crippen molar-refractivity contribution >= 4 is 11.9 Å². The van der Waals surface area contributed by atoms with Gasteiger partial charge in [-0.25, -0.2) is 0 Å². The van der Waals surface area contributed by atoms with Crippen molar-refractivity contribution in [3.63, 3.8) is 0 Å². The van der Waals surface area contributed by atoms with Crippen LogP contribution in [-0.2, 0) is 22.4 Å². The van der Waals surface area contributed by atoms with E-state index in [-0.39, 0.29) is 18.2 Å². The van der Waals surface area contributed by atoms with Crippen molar-refractivity contribution in [3.05, 3.63) is 11.7 Å². The number of rotatable bonds is 10. The molecule has 1 heterocycles. The Kier molecular flexibility index (Phi) is 7.42. The third kappa shape index (κ3) is 7.43. The van der Waals surface area contributed by atoms with E-state index in [1.54, 1.807) is 0 Å². The van der Waals surface area contributed by atoms with Crippen molar-refractivity contribution < 1.29 is 19.2 Å². The van der Waals surface area contributed by atoms with Gasteiger partial charge in [-0.3, -0.25) is 9.59 Å². The van der Waals surface area contributed by atoms with E-state index in [0.717, 1.165) is 12.8 Å². The molecule has 0 fully saturated rings. The number of aryl methyl sites for hydroxylation is 2. The van der Waals surface area contributed by atoms with Crippen LogP contribution < -0.4 is 5.32 Å².